The van der Waals surface area contributed by atoms with Crippen molar-refractivity contribution >= 4 is 23.0 Å². The van der Waals surface area contributed by atoms with Gasteiger partial charge in [-0.2, -0.15) is 0 Å². The van der Waals surface area contributed by atoms with E-state index in [1.807, 2.05) is 23.0 Å². The minimum Gasteiger partial charge on any atom is -0.379 e. The molecule has 0 radical (unpaired) electrons. The molecule has 42 valence electrons. The van der Waals surface area contributed by atoms with Crippen LogP contribution in [0.3, 0.4) is 0 Å². The van der Waals surface area contributed by atoms with Gasteiger partial charge in [0.15, 0.2) is 0 Å². The van der Waals surface area contributed by atoms with Crippen molar-refractivity contribution in [3.63, 3.8) is 0 Å². The average molecular weight is 214 g/mol. The molecular weight excluding hydrogens is 207 g/mol. The van der Waals surface area contributed by atoms with E-state index < -0.39 is 0 Å². The summed E-state index contributed by atoms with van der Waals surface area (Å²) in [7, 11) is 0. The number of halogens is 1. The lowest BCUT2D eigenvalue weighted by atomic mass is 10.3. The lowest BCUT2D eigenvalue weighted by Gasteiger charge is -1.97. The molecule has 0 amide bonds. The summed E-state index contributed by atoms with van der Waals surface area (Å²) in [6, 6.07) is 0. The lowest BCUT2D eigenvalue weighted by molar-refractivity contribution is 0.164. The van der Waals surface area contributed by atoms with E-state index in [9.17, 15) is 0 Å². The molecule has 0 unspecified atom stereocenters. The van der Waals surface area contributed by atoms with Crippen molar-refractivity contribution in [1.82, 2.24) is 0 Å². The summed E-state index contributed by atoms with van der Waals surface area (Å²) in [5.74, 6) is 0. The first-order valence-electron chi connectivity index (χ1n) is 2.28. The predicted octanol–water partition coefficient (Wildman–Crippen LogP) is 1.14. The quantitative estimate of drug-likeness (QED) is 0.609. The van der Waals surface area contributed by atoms with Crippen molar-refractivity contribution in [2.75, 3.05) is 13.2 Å². The fourth-order valence-electron chi connectivity index (χ4n) is 0.583. The SMILES string of the molecule is IO[C@@H]1CCOC1. The second kappa shape index (κ2) is 2.84. The van der Waals surface area contributed by atoms with Gasteiger partial charge in [0.1, 0.15) is 23.0 Å². The van der Waals surface area contributed by atoms with E-state index in [2.05, 4.69) is 0 Å². The van der Waals surface area contributed by atoms with Gasteiger partial charge in [-0.1, -0.05) is 0 Å². The largest absolute Gasteiger partial charge is 0.379 e. The molecule has 1 aliphatic rings. The highest BCUT2D eigenvalue weighted by Crippen LogP contribution is 2.10. The number of hydrogen-bond donors (Lipinski definition) is 0. The molecule has 1 heterocycles. The summed E-state index contributed by atoms with van der Waals surface area (Å²) in [5, 5.41) is 0. The molecular formula is C4H7IO2. The normalized spacial score (nSPS) is 31.3. The molecule has 0 bridgehead atoms. The van der Waals surface area contributed by atoms with Crippen molar-refractivity contribution in [3.05, 3.63) is 0 Å². The van der Waals surface area contributed by atoms with Gasteiger partial charge in [0, 0.05) is 13.0 Å². The van der Waals surface area contributed by atoms with E-state index in [0.29, 0.717) is 6.10 Å². The van der Waals surface area contributed by atoms with Crippen LogP contribution in [0.25, 0.3) is 0 Å². The van der Waals surface area contributed by atoms with Gasteiger partial charge in [-0.05, 0) is 0 Å². The van der Waals surface area contributed by atoms with Crippen LogP contribution in [0.5, 0.6) is 0 Å². The molecule has 0 N–H and O–H groups in total. The number of ether oxygens (including phenoxy) is 1. The molecule has 1 saturated heterocycles. The van der Waals surface area contributed by atoms with E-state index in [1.165, 1.54) is 0 Å². The topological polar surface area (TPSA) is 18.5 Å². The molecule has 0 aromatic carbocycles. The van der Waals surface area contributed by atoms with E-state index in [-0.39, 0.29) is 0 Å². The minimum absolute atomic E-state index is 0.362. The Balaban J connectivity index is 2.14. The predicted molar refractivity (Wildman–Crippen MR) is 34.3 cm³/mol. The Hall–Kier alpha value is 0.650. The molecule has 0 aromatic rings. The smallest absolute Gasteiger partial charge is 0.110 e. The average Bonchev–Trinajstić information content (AvgIpc) is 2.14. The zero-order valence-electron chi connectivity index (χ0n) is 3.89. The van der Waals surface area contributed by atoms with Gasteiger partial charge < -0.3 is 7.80 Å². The Bertz CT molecular complexity index is 51.7. The van der Waals surface area contributed by atoms with Crippen molar-refractivity contribution in [2.45, 2.75) is 12.5 Å². The van der Waals surface area contributed by atoms with Gasteiger partial charge in [-0.3, -0.25) is 0 Å². The summed E-state index contributed by atoms with van der Waals surface area (Å²) >= 11 is 1.91. The first kappa shape index (κ1) is 5.78. The standard InChI is InChI=1S/C4H7IO2/c5-7-4-1-2-6-3-4/h4H,1-3H2/t4-/m1/s1. The van der Waals surface area contributed by atoms with Crippen molar-refractivity contribution in [1.29, 1.82) is 0 Å². The molecule has 0 aliphatic carbocycles. The summed E-state index contributed by atoms with van der Waals surface area (Å²) < 4.78 is 9.97. The third kappa shape index (κ3) is 1.54. The Kier molecular flexibility index (Phi) is 2.34. The van der Waals surface area contributed by atoms with Crippen LogP contribution < -0.4 is 0 Å². The van der Waals surface area contributed by atoms with Gasteiger partial charge in [0.05, 0.1) is 12.7 Å². The highest BCUT2D eigenvalue weighted by Gasteiger charge is 2.13. The van der Waals surface area contributed by atoms with Crippen LogP contribution in [0.1, 0.15) is 6.42 Å². The molecule has 3 heteroatoms. The third-order valence-electron chi connectivity index (χ3n) is 1.01. The fourth-order valence-corrected chi connectivity index (χ4v) is 0.984. The van der Waals surface area contributed by atoms with Crippen LogP contribution in [0.2, 0.25) is 0 Å². The van der Waals surface area contributed by atoms with Gasteiger partial charge in [0.25, 0.3) is 0 Å². The zero-order valence-corrected chi connectivity index (χ0v) is 6.05. The zero-order chi connectivity index (χ0) is 5.11. The molecule has 1 rings (SSSR count). The van der Waals surface area contributed by atoms with Crippen molar-refractivity contribution in [3.8, 4) is 0 Å². The van der Waals surface area contributed by atoms with E-state index >= 15 is 0 Å². The Morgan fingerprint density at radius 1 is 1.71 bits per heavy atom. The molecule has 0 spiro atoms. The van der Waals surface area contributed by atoms with Crippen LogP contribution in [0.4, 0.5) is 0 Å². The van der Waals surface area contributed by atoms with Crippen LogP contribution >= 0.6 is 23.0 Å². The third-order valence-corrected chi connectivity index (χ3v) is 1.73. The molecule has 7 heavy (non-hydrogen) atoms. The van der Waals surface area contributed by atoms with Crippen molar-refractivity contribution in [2.24, 2.45) is 0 Å². The fraction of sp³-hybridized carbons (Fsp3) is 1.00. The number of rotatable bonds is 1. The summed E-state index contributed by atoms with van der Waals surface area (Å²) in [6.07, 6.45) is 1.42. The Labute approximate surface area is 56.9 Å². The van der Waals surface area contributed by atoms with Gasteiger partial charge in [-0.15, -0.1) is 0 Å². The van der Waals surface area contributed by atoms with Crippen molar-refractivity contribution < 1.29 is 7.80 Å². The molecule has 2 nitrogen and oxygen atoms in total. The van der Waals surface area contributed by atoms with Gasteiger partial charge in [0.2, 0.25) is 0 Å². The van der Waals surface area contributed by atoms with Gasteiger partial charge in [-0.25, -0.2) is 0 Å². The Morgan fingerprint density at radius 2 is 2.57 bits per heavy atom. The van der Waals surface area contributed by atoms with E-state index in [4.69, 9.17) is 7.80 Å². The summed E-state index contributed by atoms with van der Waals surface area (Å²) in [6.45, 7) is 1.65. The highest BCUT2D eigenvalue weighted by molar-refractivity contribution is 14.1. The summed E-state index contributed by atoms with van der Waals surface area (Å²) in [4.78, 5) is 0. The van der Waals surface area contributed by atoms with Crippen LogP contribution in [0, 0.1) is 0 Å². The monoisotopic (exact) mass is 214 g/mol. The maximum absolute atomic E-state index is 5.02. The second-order valence-corrected chi connectivity index (χ2v) is 2.08. The van der Waals surface area contributed by atoms with Crippen LogP contribution in [0.15, 0.2) is 0 Å². The second-order valence-electron chi connectivity index (χ2n) is 1.57. The lowest BCUT2D eigenvalue weighted by Crippen LogP contribution is -2.04. The van der Waals surface area contributed by atoms with E-state index in [1.54, 1.807) is 0 Å². The van der Waals surface area contributed by atoms with E-state index in [0.717, 1.165) is 19.6 Å². The minimum atomic E-state index is 0.362. The van der Waals surface area contributed by atoms with Crippen LogP contribution in [-0.4, -0.2) is 19.3 Å². The first-order chi connectivity index (χ1) is 3.43. The Morgan fingerprint density at radius 3 is 2.86 bits per heavy atom. The highest BCUT2D eigenvalue weighted by atomic mass is 127. The number of hydrogen-bond acceptors (Lipinski definition) is 2. The van der Waals surface area contributed by atoms with Gasteiger partial charge >= 0.3 is 0 Å². The molecule has 0 saturated carbocycles. The summed E-state index contributed by atoms with van der Waals surface area (Å²) in [5.41, 5.74) is 0. The molecule has 1 aliphatic heterocycles. The molecule has 0 aromatic heterocycles. The first-order valence-corrected chi connectivity index (χ1v) is 3.16. The maximum Gasteiger partial charge on any atom is 0.110 e. The maximum atomic E-state index is 5.02. The van der Waals surface area contributed by atoms with Crippen LogP contribution in [-0.2, 0) is 7.80 Å². The molecule has 1 fully saturated rings. The molecule has 1 atom stereocenters.